The van der Waals surface area contributed by atoms with Crippen LogP contribution in [0.2, 0.25) is 0 Å². The second-order valence-corrected chi connectivity index (χ2v) is 6.53. The highest BCUT2D eigenvalue weighted by Crippen LogP contribution is 2.43. The second-order valence-electron chi connectivity index (χ2n) is 6.53. The van der Waals surface area contributed by atoms with Crippen LogP contribution in [0.15, 0.2) is 53.1 Å². The molecule has 0 unspecified atom stereocenters. The number of nitrogens with zero attached hydrogens (tertiary/aromatic N) is 1. The number of carbonyl (C=O) groups is 2. The van der Waals surface area contributed by atoms with Gasteiger partial charge in [-0.1, -0.05) is 30.3 Å². The van der Waals surface area contributed by atoms with Crippen LogP contribution < -0.4 is 0 Å². The third-order valence-corrected chi connectivity index (χ3v) is 3.54. The number of ether oxygens (including phenoxy) is 2. The Labute approximate surface area is 140 Å². The van der Waals surface area contributed by atoms with Gasteiger partial charge in [0.25, 0.3) is 0 Å². The number of imide groups is 1. The predicted octanol–water partition coefficient (Wildman–Crippen LogP) is 4.45. The molecule has 1 aliphatic heterocycles. The molecule has 126 valence electrons. The van der Waals surface area contributed by atoms with Gasteiger partial charge in [-0.2, -0.15) is 4.90 Å². The summed E-state index contributed by atoms with van der Waals surface area (Å²) < 4.78 is 16.3. The van der Waals surface area contributed by atoms with E-state index < -0.39 is 29.9 Å². The SMILES string of the molecule is CC(C)(C)OC(=O)N1C(=O)O[C@H](c2ccccc2)[C@H]1c1ccco1. The Morgan fingerprint density at radius 1 is 1.12 bits per heavy atom. The van der Waals surface area contributed by atoms with Crippen LogP contribution in [-0.4, -0.2) is 22.7 Å². The molecule has 0 aliphatic carbocycles. The fraction of sp³-hybridized carbons (Fsp3) is 0.333. The van der Waals surface area contributed by atoms with Crippen LogP contribution in [0.4, 0.5) is 9.59 Å². The van der Waals surface area contributed by atoms with Crippen molar-refractivity contribution in [3.63, 3.8) is 0 Å². The van der Waals surface area contributed by atoms with E-state index in [1.54, 1.807) is 32.9 Å². The van der Waals surface area contributed by atoms with Gasteiger partial charge in [-0.3, -0.25) is 0 Å². The van der Waals surface area contributed by atoms with Crippen molar-refractivity contribution in [1.29, 1.82) is 0 Å². The Bertz CT molecular complexity index is 718. The third kappa shape index (κ3) is 3.13. The molecular weight excluding hydrogens is 310 g/mol. The Morgan fingerprint density at radius 2 is 1.83 bits per heavy atom. The summed E-state index contributed by atoms with van der Waals surface area (Å²) in [5, 5.41) is 0. The highest BCUT2D eigenvalue weighted by atomic mass is 16.6. The Hall–Kier alpha value is -2.76. The first-order valence-electron chi connectivity index (χ1n) is 7.68. The van der Waals surface area contributed by atoms with Gasteiger partial charge in [-0.05, 0) is 38.5 Å². The van der Waals surface area contributed by atoms with Gasteiger partial charge in [0.1, 0.15) is 17.4 Å². The maximum absolute atomic E-state index is 12.5. The van der Waals surface area contributed by atoms with Crippen molar-refractivity contribution < 1.29 is 23.5 Å². The first kappa shape index (κ1) is 16.1. The van der Waals surface area contributed by atoms with E-state index in [0.717, 1.165) is 10.5 Å². The van der Waals surface area contributed by atoms with Crippen molar-refractivity contribution in [1.82, 2.24) is 4.90 Å². The minimum absolute atomic E-state index is 0.459. The zero-order valence-corrected chi connectivity index (χ0v) is 13.8. The van der Waals surface area contributed by atoms with E-state index in [2.05, 4.69) is 0 Å². The zero-order valence-electron chi connectivity index (χ0n) is 13.8. The maximum atomic E-state index is 12.5. The highest BCUT2D eigenvalue weighted by Gasteiger charge is 2.50. The number of furan rings is 1. The van der Waals surface area contributed by atoms with Crippen LogP contribution in [0.25, 0.3) is 0 Å². The molecular formula is C18H19NO5. The lowest BCUT2D eigenvalue weighted by Crippen LogP contribution is -2.39. The molecule has 2 aromatic rings. The third-order valence-electron chi connectivity index (χ3n) is 3.54. The van der Waals surface area contributed by atoms with Gasteiger partial charge in [0.05, 0.1) is 6.26 Å². The first-order valence-corrected chi connectivity index (χ1v) is 7.68. The van der Waals surface area contributed by atoms with Crippen molar-refractivity contribution in [3.05, 3.63) is 60.1 Å². The molecule has 1 aromatic heterocycles. The Kier molecular flexibility index (Phi) is 4.05. The number of cyclic esters (lactones) is 1. The molecule has 2 heterocycles. The quantitative estimate of drug-likeness (QED) is 0.814. The van der Waals surface area contributed by atoms with Gasteiger partial charge in [0.2, 0.25) is 0 Å². The fourth-order valence-electron chi connectivity index (χ4n) is 2.61. The highest BCUT2D eigenvalue weighted by molar-refractivity contribution is 5.90. The molecule has 24 heavy (non-hydrogen) atoms. The van der Waals surface area contributed by atoms with Crippen molar-refractivity contribution in [2.75, 3.05) is 0 Å². The summed E-state index contributed by atoms with van der Waals surface area (Å²) in [6.07, 6.45) is -0.669. The molecule has 0 saturated carbocycles. The summed E-state index contributed by atoms with van der Waals surface area (Å²) in [6.45, 7) is 5.22. The number of benzene rings is 1. The normalized spacial score (nSPS) is 20.8. The summed E-state index contributed by atoms with van der Waals surface area (Å²) in [5.74, 6) is 0.459. The van der Waals surface area contributed by atoms with Gasteiger partial charge < -0.3 is 13.9 Å². The topological polar surface area (TPSA) is 69.0 Å². The molecule has 2 amide bonds. The van der Waals surface area contributed by atoms with Crippen molar-refractivity contribution in [3.8, 4) is 0 Å². The monoisotopic (exact) mass is 329 g/mol. The maximum Gasteiger partial charge on any atom is 0.420 e. The largest absolute Gasteiger partial charge is 0.467 e. The number of hydrogen-bond donors (Lipinski definition) is 0. The van der Waals surface area contributed by atoms with Gasteiger partial charge in [0, 0.05) is 0 Å². The molecule has 3 rings (SSSR count). The Morgan fingerprint density at radius 3 is 2.42 bits per heavy atom. The van der Waals surface area contributed by atoms with E-state index >= 15 is 0 Å². The molecule has 1 fully saturated rings. The summed E-state index contributed by atoms with van der Waals surface area (Å²) in [6, 6.07) is 11.9. The average Bonchev–Trinajstić information content (AvgIpc) is 3.13. The van der Waals surface area contributed by atoms with Gasteiger partial charge in [0.15, 0.2) is 6.10 Å². The summed E-state index contributed by atoms with van der Waals surface area (Å²) in [4.78, 5) is 25.8. The summed E-state index contributed by atoms with van der Waals surface area (Å²) in [7, 11) is 0. The summed E-state index contributed by atoms with van der Waals surface area (Å²) >= 11 is 0. The van der Waals surface area contributed by atoms with E-state index in [0.29, 0.717) is 5.76 Å². The van der Waals surface area contributed by atoms with Crippen molar-refractivity contribution in [2.24, 2.45) is 0 Å². The lowest BCUT2D eigenvalue weighted by atomic mass is 10.0. The smallest absolute Gasteiger partial charge is 0.420 e. The zero-order chi connectivity index (χ0) is 17.3. The van der Waals surface area contributed by atoms with E-state index in [9.17, 15) is 9.59 Å². The summed E-state index contributed by atoms with van der Waals surface area (Å²) in [5.41, 5.74) is 0.0499. The molecule has 0 radical (unpaired) electrons. The fourth-order valence-corrected chi connectivity index (χ4v) is 2.61. The minimum Gasteiger partial charge on any atom is -0.467 e. The first-order chi connectivity index (χ1) is 11.4. The predicted molar refractivity (Wildman–Crippen MR) is 85.2 cm³/mol. The Balaban J connectivity index is 1.98. The van der Waals surface area contributed by atoms with Crippen LogP contribution >= 0.6 is 0 Å². The molecule has 0 bridgehead atoms. The lowest BCUT2D eigenvalue weighted by Gasteiger charge is -2.25. The van der Waals surface area contributed by atoms with Crippen molar-refractivity contribution >= 4 is 12.2 Å². The standard InChI is InChI=1S/C18H19NO5/c1-18(2,3)24-17(21)19-14(13-10-7-11-22-13)15(23-16(19)20)12-8-5-4-6-9-12/h4-11,14-15H,1-3H3/t14-,15-/m1/s1. The molecule has 0 N–H and O–H groups in total. The molecule has 1 aliphatic rings. The van der Waals surface area contributed by atoms with E-state index in [1.807, 2.05) is 30.3 Å². The number of carbonyl (C=O) groups excluding carboxylic acids is 2. The van der Waals surface area contributed by atoms with Crippen LogP contribution in [-0.2, 0) is 9.47 Å². The second kappa shape index (κ2) is 6.03. The molecule has 0 spiro atoms. The van der Waals surface area contributed by atoms with Gasteiger partial charge in [-0.15, -0.1) is 0 Å². The van der Waals surface area contributed by atoms with Crippen LogP contribution in [0, 0.1) is 0 Å². The average molecular weight is 329 g/mol. The number of rotatable bonds is 2. The van der Waals surface area contributed by atoms with Gasteiger partial charge >= 0.3 is 12.2 Å². The molecule has 6 heteroatoms. The van der Waals surface area contributed by atoms with E-state index in [-0.39, 0.29) is 0 Å². The number of hydrogen-bond acceptors (Lipinski definition) is 5. The molecule has 1 saturated heterocycles. The van der Waals surface area contributed by atoms with Crippen LogP contribution in [0.1, 0.15) is 44.2 Å². The van der Waals surface area contributed by atoms with Gasteiger partial charge in [-0.25, -0.2) is 9.59 Å². The van der Waals surface area contributed by atoms with E-state index in [1.165, 1.54) is 6.26 Å². The van der Waals surface area contributed by atoms with Crippen LogP contribution in [0.5, 0.6) is 0 Å². The lowest BCUT2D eigenvalue weighted by molar-refractivity contribution is 0.0271. The van der Waals surface area contributed by atoms with Crippen LogP contribution in [0.3, 0.4) is 0 Å². The number of amides is 2. The molecule has 1 aromatic carbocycles. The van der Waals surface area contributed by atoms with Crippen molar-refractivity contribution in [2.45, 2.75) is 38.5 Å². The molecule has 6 nitrogen and oxygen atoms in total. The molecule has 2 atom stereocenters. The minimum atomic E-state index is -0.757. The van der Waals surface area contributed by atoms with E-state index in [4.69, 9.17) is 13.9 Å².